The van der Waals surface area contributed by atoms with Gasteiger partial charge in [0.15, 0.2) is 22.7 Å². The summed E-state index contributed by atoms with van der Waals surface area (Å²) in [5, 5.41) is 0.150. The summed E-state index contributed by atoms with van der Waals surface area (Å²) in [6.07, 6.45) is -0.850. The lowest BCUT2D eigenvalue weighted by atomic mass is 10.2. The minimum Gasteiger partial charge on any atom is -0.461 e. The average molecular weight is 347 g/mol. The third-order valence-electron chi connectivity index (χ3n) is 5.44. The van der Waals surface area contributed by atoms with Gasteiger partial charge in [-0.05, 0) is 36.3 Å². The quantitative estimate of drug-likeness (QED) is 0.561. The summed E-state index contributed by atoms with van der Waals surface area (Å²) in [5.41, 5.74) is 0. The summed E-state index contributed by atoms with van der Waals surface area (Å²) in [4.78, 5) is 12.1. The first kappa shape index (κ1) is 19.9. The molecule has 1 fully saturated rings. The molecule has 2 atom stereocenters. The lowest BCUT2D eigenvalue weighted by Gasteiger charge is -2.41. The fourth-order valence-corrected chi connectivity index (χ4v) is 4.29. The Morgan fingerprint density at radius 3 is 1.73 bits per heavy atom. The molecule has 0 aliphatic carbocycles. The Hall–Kier alpha value is -0.176. The molecule has 1 heterocycles. The summed E-state index contributed by atoms with van der Waals surface area (Å²) < 4.78 is 18.0. The van der Waals surface area contributed by atoms with Crippen LogP contribution in [-0.4, -0.2) is 41.4 Å². The molecule has 22 heavy (non-hydrogen) atoms. The molecule has 6 heteroatoms. The molecule has 1 saturated heterocycles. The summed E-state index contributed by atoms with van der Waals surface area (Å²) in [7, 11) is -4.00. The number of ether oxygens (including phenoxy) is 1. The van der Waals surface area contributed by atoms with E-state index in [4.69, 9.17) is 13.6 Å². The van der Waals surface area contributed by atoms with Crippen LogP contribution in [0.4, 0.5) is 0 Å². The van der Waals surface area contributed by atoms with Crippen LogP contribution in [0.5, 0.6) is 0 Å². The Morgan fingerprint density at radius 1 is 0.909 bits per heavy atom. The van der Waals surface area contributed by atoms with Crippen LogP contribution in [0.1, 0.15) is 41.5 Å². The molecule has 1 aliphatic heterocycles. The molecule has 4 nitrogen and oxygen atoms in total. The van der Waals surface area contributed by atoms with Crippen molar-refractivity contribution in [3.63, 3.8) is 0 Å². The SMILES string of the molecule is CC(C)(C)[Si](C)(C)O[C@H]1COC(=O)[C@@H]1O[Si](C)(C)C(C)(C)C. The van der Waals surface area contributed by atoms with Gasteiger partial charge in [0.2, 0.25) is 0 Å². The van der Waals surface area contributed by atoms with E-state index in [1.807, 2.05) is 0 Å². The molecule has 0 N–H and O–H groups in total. The Labute approximate surface area is 138 Å². The van der Waals surface area contributed by atoms with Crippen LogP contribution in [0.15, 0.2) is 0 Å². The molecular weight excluding hydrogens is 312 g/mol. The van der Waals surface area contributed by atoms with E-state index >= 15 is 0 Å². The second kappa shape index (κ2) is 6.03. The van der Waals surface area contributed by atoms with Gasteiger partial charge in [-0.15, -0.1) is 0 Å². The number of carbonyl (C=O) groups excluding carboxylic acids is 1. The van der Waals surface area contributed by atoms with Gasteiger partial charge in [-0.2, -0.15) is 0 Å². The Balaban J connectivity index is 2.92. The van der Waals surface area contributed by atoms with Gasteiger partial charge in [0, 0.05) is 0 Å². The zero-order valence-electron chi connectivity index (χ0n) is 16.0. The van der Waals surface area contributed by atoms with E-state index in [-0.39, 0.29) is 22.1 Å². The van der Waals surface area contributed by atoms with E-state index in [9.17, 15) is 4.79 Å². The number of hydrogen-bond acceptors (Lipinski definition) is 4. The average Bonchev–Trinajstić information content (AvgIpc) is 2.57. The lowest BCUT2D eigenvalue weighted by Crippen LogP contribution is -2.52. The van der Waals surface area contributed by atoms with E-state index in [0.717, 1.165) is 0 Å². The molecule has 0 aromatic carbocycles. The van der Waals surface area contributed by atoms with Crippen molar-refractivity contribution in [1.82, 2.24) is 0 Å². The highest BCUT2D eigenvalue weighted by Crippen LogP contribution is 2.41. The van der Waals surface area contributed by atoms with Crippen LogP contribution in [0.25, 0.3) is 0 Å². The molecule has 0 aromatic rings. The van der Waals surface area contributed by atoms with Gasteiger partial charge >= 0.3 is 5.97 Å². The topological polar surface area (TPSA) is 44.8 Å². The van der Waals surface area contributed by atoms with Crippen LogP contribution >= 0.6 is 0 Å². The predicted octanol–water partition coefficient (Wildman–Crippen LogP) is 4.32. The van der Waals surface area contributed by atoms with E-state index in [1.54, 1.807) is 0 Å². The molecule has 0 unspecified atom stereocenters. The smallest absolute Gasteiger partial charge is 0.336 e. The van der Waals surface area contributed by atoms with Gasteiger partial charge in [0.25, 0.3) is 0 Å². The molecule has 0 spiro atoms. The lowest BCUT2D eigenvalue weighted by molar-refractivity contribution is -0.144. The normalized spacial score (nSPS) is 24.5. The van der Waals surface area contributed by atoms with Gasteiger partial charge in [0.1, 0.15) is 12.7 Å². The zero-order valence-corrected chi connectivity index (χ0v) is 18.0. The minimum atomic E-state index is -2.04. The summed E-state index contributed by atoms with van der Waals surface area (Å²) in [6, 6.07) is 0. The number of cyclic esters (lactones) is 1. The van der Waals surface area contributed by atoms with Crippen LogP contribution in [0, 0.1) is 0 Å². The number of rotatable bonds is 4. The van der Waals surface area contributed by atoms with Gasteiger partial charge < -0.3 is 13.6 Å². The summed E-state index contributed by atoms with van der Waals surface area (Å²) >= 11 is 0. The van der Waals surface area contributed by atoms with Crippen molar-refractivity contribution in [3.05, 3.63) is 0 Å². The molecule has 0 amide bonds. The van der Waals surface area contributed by atoms with E-state index in [0.29, 0.717) is 6.61 Å². The highest BCUT2D eigenvalue weighted by Gasteiger charge is 2.50. The molecule has 130 valence electrons. The van der Waals surface area contributed by atoms with E-state index < -0.39 is 22.7 Å². The van der Waals surface area contributed by atoms with Crippen molar-refractivity contribution in [2.24, 2.45) is 0 Å². The van der Waals surface area contributed by atoms with Gasteiger partial charge in [-0.3, -0.25) is 0 Å². The highest BCUT2D eigenvalue weighted by molar-refractivity contribution is 6.74. The predicted molar refractivity (Wildman–Crippen MR) is 95.1 cm³/mol. The van der Waals surface area contributed by atoms with Crippen molar-refractivity contribution in [2.75, 3.05) is 6.61 Å². The van der Waals surface area contributed by atoms with E-state index in [1.165, 1.54) is 0 Å². The van der Waals surface area contributed by atoms with Crippen molar-refractivity contribution >= 4 is 22.6 Å². The van der Waals surface area contributed by atoms with Crippen molar-refractivity contribution < 1.29 is 18.4 Å². The zero-order chi connectivity index (χ0) is 17.6. The fourth-order valence-electron chi connectivity index (χ4n) is 1.75. The first-order valence-electron chi connectivity index (χ1n) is 8.11. The molecular formula is C16H34O4Si2. The Kier molecular flexibility index (Phi) is 5.45. The van der Waals surface area contributed by atoms with Gasteiger partial charge in [0.05, 0.1) is 0 Å². The van der Waals surface area contributed by atoms with Gasteiger partial charge in [-0.1, -0.05) is 41.5 Å². The maximum atomic E-state index is 12.1. The van der Waals surface area contributed by atoms with Crippen LogP contribution in [-0.2, 0) is 18.4 Å². The first-order valence-corrected chi connectivity index (χ1v) is 13.9. The van der Waals surface area contributed by atoms with Crippen molar-refractivity contribution in [2.45, 2.75) is 90.0 Å². The Morgan fingerprint density at radius 2 is 1.32 bits per heavy atom. The fraction of sp³-hybridized carbons (Fsp3) is 0.938. The maximum absolute atomic E-state index is 12.1. The van der Waals surface area contributed by atoms with Crippen molar-refractivity contribution in [3.8, 4) is 0 Å². The third kappa shape index (κ3) is 4.21. The monoisotopic (exact) mass is 346 g/mol. The largest absolute Gasteiger partial charge is 0.461 e. The number of carbonyl (C=O) groups is 1. The molecule has 0 bridgehead atoms. The first-order chi connectivity index (χ1) is 9.58. The highest BCUT2D eigenvalue weighted by atomic mass is 28.4. The summed E-state index contributed by atoms with van der Waals surface area (Å²) in [6.45, 7) is 22.1. The second-order valence-electron chi connectivity index (χ2n) is 9.35. The van der Waals surface area contributed by atoms with Crippen LogP contribution in [0.3, 0.4) is 0 Å². The third-order valence-corrected chi connectivity index (χ3v) is 14.4. The standard InChI is InChI=1S/C16H34O4Si2/c1-15(2,3)21(7,8)19-12-11-18-14(17)13(12)20-22(9,10)16(4,5)6/h12-13H,11H2,1-10H3/t12-,13+/m0/s1. The number of esters is 1. The van der Waals surface area contributed by atoms with E-state index in [2.05, 4.69) is 67.7 Å². The van der Waals surface area contributed by atoms with Gasteiger partial charge in [-0.25, -0.2) is 4.79 Å². The molecule has 0 radical (unpaired) electrons. The molecule has 0 aromatic heterocycles. The van der Waals surface area contributed by atoms with Crippen LogP contribution < -0.4 is 0 Å². The minimum absolute atomic E-state index is 0.0530. The number of hydrogen-bond donors (Lipinski definition) is 0. The molecule has 1 rings (SSSR count). The summed E-state index contributed by atoms with van der Waals surface area (Å²) in [5.74, 6) is -0.270. The molecule has 1 aliphatic rings. The van der Waals surface area contributed by atoms with Crippen molar-refractivity contribution in [1.29, 1.82) is 0 Å². The second-order valence-corrected chi connectivity index (χ2v) is 18.9. The molecule has 0 saturated carbocycles. The maximum Gasteiger partial charge on any atom is 0.336 e. The van der Waals surface area contributed by atoms with Crippen LogP contribution in [0.2, 0.25) is 36.3 Å². The Bertz CT molecular complexity index is 419.